The molecule has 1 aromatic carbocycles. The van der Waals surface area contributed by atoms with Crippen LogP contribution in [0.1, 0.15) is 15.9 Å². The predicted octanol–water partition coefficient (Wildman–Crippen LogP) is 1.26. The van der Waals surface area contributed by atoms with Gasteiger partial charge in [0, 0.05) is 18.9 Å². The average Bonchev–Trinajstić information content (AvgIpc) is 2.46. The van der Waals surface area contributed by atoms with E-state index in [4.69, 9.17) is 5.11 Å². The minimum absolute atomic E-state index is 0.0122. The molecule has 0 unspecified atom stereocenters. The summed E-state index contributed by atoms with van der Waals surface area (Å²) in [7, 11) is -3.65. The number of benzene rings is 1. The normalized spacial score (nSPS) is 11.2. The van der Waals surface area contributed by atoms with E-state index in [-0.39, 0.29) is 17.0 Å². The van der Waals surface area contributed by atoms with E-state index in [1.807, 2.05) is 0 Å². The third kappa shape index (κ3) is 3.40. The topological polar surface area (TPSA) is 96.4 Å². The molecule has 1 heterocycles. The van der Waals surface area contributed by atoms with Crippen molar-refractivity contribution in [1.82, 2.24) is 9.71 Å². The summed E-state index contributed by atoms with van der Waals surface area (Å²) in [4.78, 5) is 14.6. The smallest absolute Gasteiger partial charge is 0.335 e. The van der Waals surface area contributed by atoms with Crippen LogP contribution in [0.5, 0.6) is 0 Å². The van der Waals surface area contributed by atoms with Crippen molar-refractivity contribution in [3.63, 3.8) is 0 Å². The van der Waals surface area contributed by atoms with Gasteiger partial charge in [-0.1, -0.05) is 12.1 Å². The Hall–Kier alpha value is -2.25. The largest absolute Gasteiger partial charge is 0.478 e. The molecule has 0 saturated carbocycles. The molecule has 0 bridgehead atoms. The molecule has 104 valence electrons. The summed E-state index contributed by atoms with van der Waals surface area (Å²) in [5, 5.41) is 8.87. The number of aromatic nitrogens is 1. The minimum Gasteiger partial charge on any atom is -0.478 e. The van der Waals surface area contributed by atoms with E-state index in [1.54, 1.807) is 12.1 Å². The maximum Gasteiger partial charge on any atom is 0.335 e. The van der Waals surface area contributed by atoms with Crippen molar-refractivity contribution in [1.29, 1.82) is 0 Å². The lowest BCUT2D eigenvalue weighted by molar-refractivity contribution is 0.0696. The van der Waals surface area contributed by atoms with Crippen LogP contribution < -0.4 is 4.72 Å². The van der Waals surface area contributed by atoms with Crippen LogP contribution in [0.3, 0.4) is 0 Å². The first-order chi connectivity index (χ1) is 9.49. The summed E-state index contributed by atoms with van der Waals surface area (Å²) in [5.41, 5.74) is 0.681. The van der Waals surface area contributed by atoms with Gasteiger partial charge in [-0.25, -0.2) is 17.9 Å². The van der Waals surface area contributed by atoms with E-state index in [0.29, 0.717) is 5.56 Å². The number of sulfonamides is 1. The van der Waals surface area contributed by atoms with E-state index in [0.717, 1.165) is 0 Å². The first kappa shape index (κ1) is 14.2. The quantitative estimate of drug-likeness (QED) is 0.864. The lowest BCUT2D eigenvalue weighted by atomic mass is 10.1. The summed E-state index contributed by atoms with van der Waals surface area (Å²) in [5.74, 6) is -1.05. The monoisotopic (exact) mass is 292 g/mol. The van der Waals surface area contributed by atoms with Gasteiger partial charge < -0.3 is 5.11 Å². The van der Waals surface area contributed by atoms with Crippen LogP contribution in [0.25, 0.3) is 0 Å². The van der Waals surface area contributed by atoms with E-state index >= 15 is 0 Å². The number of nitrogens with zero attached hydrogens (tertiary/aromatic N) is 1. The van der Waals surface area contributed by atoms with Gasteiger partial charge in [-0.15, -0.1) is 0 Å². The number of aromatic carboxylic acids is 1. The van der Waals surface area contributed by atoms with Crippen molar-refractivity contribution < 1.29 is 18.3 Å². The molecule has 0 radical (unpaired) electrons. The second-order valence-electron chi connectivity index (χ2n) is 4.02. The maximum absolute atomic E-state index is 12.0. The van der Waals surface area contributed by atoms with Gasteiger partial charge in [-0.2, -0.15) is 0 Å². The Morgan fingerprint density at radius 3 is 2.70 bits per heavy atom. The van der Waals surface area contributed by atoms with Gasteiger partial charge in [-0.05, 0) is 29.8 Å². The molecule has 0 atom stereocenters. The van der Waals surface area contributed by atoms with E-state index in [9.17, 15) is 13.2 Å². The third-order valence-electron chi connectivity index (χ3n) is 2.58. The van der Waals surface area contributed by atoms with Crippen LogP contribution in [0, 0.1) is 0 Å². The first-order valence-electron chi connectivity index (χ1n) is 5.71. The number of carboxylic acid groups (broad SMARTS) is 1. The second kappa shape index (κ2) is 5.81. The lowest BCUT2D eigenvalue weighted by Crippen LogP contribution is -2.23. The second-order valence-corrected chi connectivity index (χ2v) is 5.79. The Morgan fingerprint density at radius 2 is 2.05 bits per heavy atom. The molecule has 0 fully saturated rings. The molecule has 2 aromatic rings. The molecule has 0 aliphatic heterocycles. The van der Waals surface area contributed by atoms with Crippen LogP contribution in [0.4, 0.5) is 0 Å². The van der Waals surface area contributed by atoms with Crippen molar-refractivity contribution in [3.8, 4) is 0 Å². The number of nitrogens with one attached hydrogen (secondary N) is 1. The molecule has 20 heavy (non-hydrogen) atoms. The number of carboxylic acids is 1. The van der Waals surface area contributed by atoms with Crippen molar-refractivity contribution in [2.45, 2.75) is 11.4 Å². The van der Waals surface area contributed by atoms with Gasteiger partial charge in [0.15, 0.2) is 0 Å². The van der Waals surface area contributed by atoms with Crippen molar-refractivity contribution in [2.24, 2.45) is 0 Å². The highest BCUT2D eigenvalue weighted by molar-refractivity contribution is 7.89. The van der Waals surface area contributed by atoms with Crippen LogP contribution >= 0.6 is 0 Å². The van der Waals surface area contributed by atoms with Crippen molar-refractivity contribution in [3.05, 3.63) is 59.9 Å². The van der Waals surface area contributed by atoms with Gasteiger partial charge in [0.1, 0.15) is 4.90 Å². The average molecular weight is 292 g/mol. The summed E-state index contributed by atoms with van der Waals surface area (Å²) in [6.45, 7) is 0.0122. The highest BCUT2D eigenvalue weighted by Crippen LogP contribution is 2.09. The van der Waals surface area contributed by atoms with Gasteiger partial charge >= 0.3 is 5.97 Å². The molecule has 2 rings (SSSR count). The number of rotatable bonds is 5. The number of carbonyl (C=O) groups is 1. The van der Waals surface area contributed by atoms with E-state index < -0.39 is 16.0 Å². The predicted molar refractivity (Wildman–Crippen MR) is 71.7 cm³/mol. The van der Waals surface area contributed by atoms with Gasteiger partial charge in [-0.3, -0.25) is 4.98 Å². The highest BCUT2D eigenvalue weighted by atomic mass is 32.2. The first-order valence-corrected chi connectivity index (χ1v) is 7.19. The molecule has 0 amide bonds. The summed E-state index contributed by atoms with van der Waals surface area (Å²) >= 11 is 0. The molecule has 0 spiro atoms. The van der Waals surface area contributed by atoms with Crippen LogP contribution in [0.2, 0.25) is 0 Å². The SMILES string of the molecule is O=C(O)c1cccc(CNS(=O)(=O)c2cccnc2)c1. The van der Waals surface area contributed by atoms with Crippen LogP contribution in [-0.4, -0.2) is 24.5 Å². The third-order valence-corrected chi connectivity index (χ3v) is 3.97. The minimum atomic E-state index is -3.65. The zero-order chi connectivity index (χ0) is 14.6. The molecule has 0 aliphatic rings. The Balaban J connectivity index is 2.13. The van der Waals surface area contributed by atoms with Gasteiger partial charge in [0.2, 0.25) is 10.0 Å². The van der Waals surface area contributed by atoms with E-state index in [2.05, 4.69) is 9.71 Å². The fourth-order valence-electron chi connectivity index (χ4n) is 1.58. The lowest BCUT2D eigenvalue weighted by Gasteiger charge is -2.07. The van der Waals surface area contributed by atoms with Gasteiger partial charge in [0.05, 0.1) is 5.56 Å². The molecule has 7 heteroatoms. The van der Waals surface area contributed by atoms with Crippen LogP contribution in [-0.2, 0) is 16.6 Å². The molecule has 0 saturated heterocycles. The molecule has 0 aliphatic carbocycles. The van der Waals surface area contributed by atoms with Gasteiger partial charge in [0.25, 0.3) is 0 Å². The van der Waals surface area contributed by atoms with Crippen LogP contribution in [0.15, 0.2) is 53.7 Å². The standard InChI is InChI=1S/C13H12N2O4S/c16-13(17)11-4-1-3-10(7-11)8-15-20(18,19)12-5-2-6-14-9-12/h1-7,9,15H,8H2,(H,16,17). The molecular formula is C13H12N2O4S. The van der Waals surface area contributed by atoms with E-state index in [1.165, 1.54) is 36.7 Å². The summed E-state index contributed by atoms with van der Waals surface area (Å²) < 4.78 is 26.3. The molecular weight excluding hydrogens is 280 g/mol. The van der Waals surface area contributed by atoms with Crippen molar-refractivity contribution in [2.75, 3.05) is 0 Å². The fourth-order valence-corrected chi connectivity index (χ4v) is 2.56. The fraction of sp³-hybridized carbons (Fsp3) is 0.0769. The molecule has 1 aromatic heterocycles. The Bertz CT molecular complexity index is 714. The zero-order valence-electron chi connectivity index (χ0n) is 10.4. The Labute approximate surface area is 116 Å². The Morgan fingerprint density at radius 1 is 1.25 bits per heavy atom. The van der Waals surface area contributed by atoms with Crippen molar-refractivity contribution >= 4 is 16.0 Å². The summed E-state index contributed by atoms with van der Waals surface area (Å²) in [6, 6.07) is 9.05. The number of hydrogen-bond acceptors (Lipinski definition) is 4. The molecule has 2 N–H and O–H groups in total. The highest BCUT2D eigenvalue weighted by Gasteiger charge is 2.13. The summed E-state index contributed by atoms with van der Waals surface area (Å²) in [6.07, 6.45) is 2.73. The Kier molecular flexibility index (Phi) is 4.11. The number of hydrogen-bond donors (Lipinski definition) is 2. The number of pyridine rings is 1. The molecule has 6 nitrogen and oxygen atoms in total. The maximum atomic E-state index is 12.0. The zero-order valence-corrected chi connectivity index (χ0v) is 11.2.